The number of Topliss-reactive ketones (excluding diaryl/α,β-unsaturated/α-hetero) is 1. The van der Waals surface area contributed by atoms with Gasteiger partial charge in [0.15, 0.2) is 0 Å². The van der Waals surface area contributed by atoms with Crippen LogP contribution in [0.2, 0.25) is 0 Å². The molecule has 2 aliphatic carbocycles. The van der Waals surface area contributed by atoms with Crippen LogP contribution < -0.4 is 21.3 Å². The summed E-state index contributed by atoms with van der Waals surface area (Å²) in [5.41, 5.74) is -0.720. The number of ketones is 1. The Morgan fingerprint density at radius 2 is 1.62 bits per heavy atom. The first kappa shape index (κ1) is 39.2. The van der Waals surface area contributed by atoms with E-state index in [9.17, 15) is 32.4 Å². The van der Waals surface area contributed by atoms with Gasteiger partial charge in [-0.3, -0.25) is 19.2 Å². The van der Waals surface area contributed by atoms with Gasteiger partial charge in [0.25, 0.3) is 5.91 Å². The molecule has 0 bridgehead atoms. The minimum Gasteiger partial charge on any atom is -0.346 e. The maximum atomic E-state index is 14.5. The summed E-state index contributed by atoms with van der Waals surface area (Å²) in [5, 5.41) is 11.0. The van der Waals surface area contributed by atoms with E-state index < -0.39 is 63.2 Å². The summed E-state index contributed by atoms with van der Waals surface area (Å²) in [6, 6.07) is -4.12. The number of amides is 5. The molecule has 0 radical (unpaired) electrons. The largest absolute Gasteiger partial charge is 0.346 e. The van der Waals surface area contributed by atoms with E-state index in [1.54, 1.807) is 4.90 Å². The molecule has 14 heteroatoms. The summed E-state index contributed by atoms with van der Waals surface area (Å²) in [6.07, 6.45) is 8.32. The van der Waals surface area contributed by atoms with E-state index >= 15 is 0 Å². The second kappa shape index (κ2) is 15.5. The molecule has 0 aromatic carbocycles. The normalized spacial score (nSPS) is 24.0. The second-order valence-corrected chi connectivity index (χ2v) is 17.4. The third kappa shape index (κ3) is 9.25. The fourth-order valence-corrected chi connectivity index (χ4v) is 7.60. The lowest BCUT2D eigenvalue weighted by Gasteiger charge is -2.38. The molecule has 3 aliphatic rings. The van der Waals surface area contributed by atoms with Crippen molar-refractivity contribution >= 4 is 39.6 Å². The number of carbonyl (C=O) groups excluding carboxylic acids is 5. The van der Waals surface area contributed by atoms with Gasteiger partial charge in [-0.25, -0.2) is 17.5 Å². The zero-order valence-corrected chi connectivity index (χ0v) is 30.5. The Hall–Kier alpha value is -3.26. The molecule has 1 unspecified atom stereocenters. The smallest absolute Gasteiger partial charge is 0.315 e. The Morgan fingerprint density at radius 1 is 1.00 bits per heavy atom. The van der Waals surface area contributed by atoms with E-state index in [4.69, 9.17) is 0 Å². The lowest BCUT2D eigenvalue weighted by atomic mass is 9.83. The van der Waals surface area contributed by atoms with Crippen molar-refractivity contribution < 1.29 is 32.4 Å². The Labute approximate surface area is 286 Å². The third-order valence-corrected chi connectivity index (χ3v) is 11.7. The predicted molar refractivity (Wildman–Crippen MR) is 184 cm³/mol. The number of rotatable bonds is 15. The van der Waals surface area contributed by atoms with Crippen LogP contribution in [-0.2, 0) is 29.2 Å². The van der Waals surface area contributed by atoms with Crippen molar-refractivity contribution in [1.29, 1.82) is 0 Å². The first-order valence-corrected chi connectivity index (χ1v) is 18.7. The number of likely N-dealkylation sites (tertiary alicyclic amines) is 1. The molecule has 48 heavy (non-hydrogen) atoms. The van der Waals surface area contributed by atoms with Crippen LogP contribution >= 0.6 is 0 Å². The highest BCUT2D eigenvalue weighted by molar-refractivity contribution is 7.88. The van der Waals surface area contributed by atoms with Crippen molar-refractivity contribution in [2.45, 2.75) is 97.3 Å². The lowest BCUT2D eigenvalue weighted by molar-refractivity contribution is -0.144. The van der Waals surface area contributed by atoms with Gasteiger partial charge in [0, 0.05) is 32.7 Å². The molecule has 270 valence electrons. The van der Waals surface area contributed by atoms with Crippen molar-refractivity contribution in [3.8, 4) is 0 Å². The summed E-state index contributed by atoms with van der Waals surface area (Å²) in [5.74, 6) is -2.82. The number of hydrogen-bond donors (Lipinski definition) is 4. The third-order valence-electron chi connectivity index (χ3n) is 10.5. The van der Waals surface area contributed by atoms with Crippen LogP contribution in [0.4, 0.5) is 4.79 Å². The maximum absolute atomic E-state index is 14.5. The fraction of sp³-hybridized carbons (Fsp3) is 0.735. The number of likely N-dealkylation sites (N-methyl/N-ethyl adjacent to an activating group) is 1. The molecule has 3 fully saturated rings. The fourth-order valence-electron chi connectivity index (χ4n) is 7.18. The standard InChI is InChI=1S/C34H56N6O7S/c1-10-15-23(28(41)30(43)35-18-11-2)36-29(42)27-25-22(34(25,6)7)19-40(27)31(44)26(21-16-13-12-14-17-21)38-32(45)37-24(33(3,4)5)20-39(8)48(9,46)47/h10-11,21-27H,1-2,12-20H2,3-9H3,(H,35,43)(H,36,42)(H2,37,38,45)/t22-,23?,24+,25-,26-,27-/m0/s1. The van der Waals surface area contributed by atoms with E-state index in [1.807, 2.05) is 34.6 Å². The number of hydrogen-bond acceptors (Lipinski definition) is 7. The first-order valence-electron chi connectivity index (χ1n) is 16.9. The van der Waals surface area contributed by atoms with Gasteiger partial charge in [0.05, 0.1) is 6.26 Å². The molecular formula is C34H56N6O7S. The van der Waals surface area contributed by atoms with Crippen LogP contribution in [0.1, 0.15) is 73.1 Å². The van der Waals surface area contributed by atoms with Gasteiger partial charge >= 0.3 is 6.03 Å². The SMILES string of the molecule is C=CCNC(=O)C(=O)C(CC=C)NC(=O)[C@@H]1[C@@H]2[C@H](CN1C(=O)[C@@H](NC(=O)N[C@H](CN(C)S(C)(=O)=O)C(C)(C)C)C1CCCCC1)C2(C)C. The van der Waals surface area contributed by atoms with Gasteiger partial charge < -0.3 is 26.2 Å². The number of carbonyl (C=O) groups is 5. The molecule has 5 amide bonds. The molecule has 0 spiro atoms. The zero-order valence-electron chi connectivity index (χ0n) is 29.6. The first-order chi connectivity index (χ1) is 22.2. The predicted octanol–water partition coefficient (Wildman–Crippen LogP) is 1.96. The van der Waals surface area contributed by atoms with Crippen molar-refractivity contribution in [1.82, 2.24) is 30.5 Å². The molecule has 0 aromatic heterocycles. The van der Waals surface area contributed by atoms with Crippen molar-refractivity contribution in [3.63, 3.8) is 0 Å². The van der Waals surface area contributed by atoms with Gasteiger partial charge in [0.1, 0.15) is 18.1 Å². The van der Waals surface area contributed by atoms with Gasteiger partial charge in [-0.05, 0) is 47.8 Å². The number of urea groups is 1. The van der Waals surface area contributed by atoms with Crippen molar-refractivity contribution in [2.24, 2.45) is 28.6 Å². The average Bonchev–Trinajstić information content (AvgIpc) is 3.32. The molecule has 3 rings (SSSR count). The van der Waals surface area contributed by atoms with E-state index in [0.717, 1.165) is 38.4 Å². The summed E-state index contributed by atoms with van der Waals surface area (Å²) >= 11 is 0. The Bertz CT molecular complexity index is 1370. The van der Waals surface area contributed by atoms with Crippen LogP contribution in [0.5, 0.6) is 0 Å². The Kier molecular flexibility index (Phi) is 12.7. The molecule has 1 aliphatic heterocycles. The minimum absolute atomic E-state index is 0.0279. The van der Waals surface area contributed by atoms with Crippen LogP contribution in [0.3, 0.4) is 0 Å². The quantitative estimate of drug-likeness (QED) is 0.150. The van der Waals surface area contributed by atoms with Gasteiger partial charge in [-0.1, -0.05) is 66.0 Å². The highest BCUT2D eigenvalue weighted by Crippen LogP contribution is 2.65. The number of nitrogens with one attached hydrogen (secondary N) is 4. The Morgan fingerprint density at radius 3 is 2.17 bits per heavy atom. The average molecular weight is 693 g/mol. The summed E-state index contributed by atoms with van der Waals surface area (Å²) in [7, 11) is -2.05. The van der Waals surface area contributed by atoms with Gasteiger partial charge in [-0.2, -0.15) is 0 Å². The topological polar surface area (TPSA) is 174 Å². The van der Waals surface area contributed by atoms with Crippen LogP contribution in [-0.4, -0.2) is 104 Å². The van der Waals surface area contributed by atoms with Crippen LogP contribution in [0.15, 0.2) is 25.3 Å². The maximum Gasteiger partial charge on any atom is 0.315 e. The molecule has 2 saturated carbocycles. The zero-order chi connectivity index (χ0) is 36.2. The molecule has 1 saturated heterocycles. The van der Waals surface area contributed by atoms with Crippen molar-refractivity contribution in [2.75, 3.05) is 32.9 Å². The molecular weight excluding hydrogens is 636 g/mol. The highest BCUT2D eigenvalue weighted by Gasteiger charge is 2.69. The second-order valence-electron chi connectivity index (χ2n) is 15.3. The number of nitrogens with zero attached hydrogens (tertiary/aromatic N) is 2. The summed E-state index contributed by atoms with van der Waals surface area (Å²) in [6.45, 7) is 17.4. The summed E-state index contributed by atoms with van der Waals surface area (Å²) in [4.78, 5) is 69.0. The summed E-state index contributed by atoms with van der Waals surface area (Å²) < 4.78 is 25.5. The van der Waals surface area contributed by atoms with E-state index in [2.05, 4.69) is 34.4 Å². The number of sulfonamides is 1. The molecule has 6 atom stereocenters. The van der Waals surface area contributed by atoms with Gasteiger partial charge in [-0.15, -0.1) is 13.2 Å². The lowest BCUT2D eigenvalue weighted by Crippen LogP contribution is -2.61. The molecule has 0 aromatic rings. The number of piperidine rings is 1. The minimum atomic E-state index is -3.50. The van der Waals surface area contributed by atoms with Crippen molar-refractivity contribution in [3.05, 3.63) is 25.3 Å². The van der Waals surface area contributed by atoms with E-state index in [-0.39, 0.29) is 48.6 Å². The van der Waals surface area contributed by atoms with E-state index in [0.29, 0.717) is 6.54 Å². The molecule has 1 heterocycles. The van der Waals surface area contributed by atoms with E-state index in [1.165, 1.54) is 23.5 Å². The molecule has 4 N–H and O–H groups in total. The van der Waals surface area contributed by atoms with Crippen LogP contribution in [0.25, 0.3) is 0 Å². The Balaban J connectivity index is 1.87. The highest BCUT2D eigenvalue weighted by atomic mass is 32.2. The van der Waals surface area contributed by atoms with Gasteiger partial charge in [0.2, 0.25) is 27.6 Å². The monoisotopic (exact) mass is 692 g/mol. The molecule has 13 nitrogen and oxygen atoms in total. The number of fused-ring (bicyclic) bond motifs is 1. The van der Waals surface area contributed by atoms with Crippen LogP contribution in [0, 0.1) is 28.6 Å².